The molecule has 3 nitrogen and oxygen atoms in total. The molecule has 0 radical (unpaired) electrons. The van der Waals surface area contributed by atoms with Crippen LogP contribution in [-0.2, 0) is 9.53 Å². The smallest absolute Gasteiger partial charge is 0.305 e. The van der Waals surface area contributed by atoms with Crippen molar-refractivity contribution < 1.29 is 14.6 Å². The fourth-order valence-corrected chi connectivity index (χ4v) is 9.05. The van der Waals surface area contributed by atoms with E-state index in [1.165, 1.54) is 52.1 Å². The molecule has 1 N–H and O–H groups in total. The number of hydrogen-bond acceptors (Lipinski definition) is 3. The Morgan fingerprint density at radius 1 is 1.10 bits per heavy atom. The first-order chi connectivity index (χ1) is 13.7. The fourth-order valence-electron chi connectivity index (χ4n) is 9.05. The molecule has 4 fully saturated rings. The van der Waals surface area contributed by atoms with Crippen molar-refractivity contribution in [1.82, 2.24) is 0 Å². The molecule has 0 aromatic heterocycles. The maximum atomic E-state index is 11.7. The van der Waals surface area contributed by atoms with Gasteiger partial charge in [0.15, 0.2) is 0 Å². The normalized spacial score (nSPS) is 50.2. The largest absolute Gasteiger partial charge is 0.469 e. The predicted octanol–water partition coefficient (Wildman–Crippen LogP) is 5.84. The average molecular weight is 405 g/mol. The Morgan fingerprint density at radius 3 is 2.59 bits per heavy atom. The van der Waals surface area contributed by atoms with Crippen molar-refractivity contribution in [2.24, 2.45) is 52.3 Å². The molecule has 0 spiro atoms. The van der Waals surface area contributed by atoms with Crippen LogP contribution in [0.2, 0.25) is 0 Å². The minimum atomic E-state index is -0.184. The van der Waals surface area contributed by atoms with Crippen molar-refractivity contribution in [2.45, 2.75) is 98.0 Å². The van der Waals surface area contributed by atoms with Crippen LogP contribution >= 0.6 is 0 Å². The first-order valence-electron chi connectivity index (χ1n) is 12.5. The molecule has 4 aliphatic rings. The predicted molar refractivity (Wildman–Crippen MR) is 116 cm³/mol. The van der Waals surface area contributed by atoms with Gasteiger partial charge in [0.25, 0.3) is 0 Å². The summed E-state index contributed by atoms with van der Waals surface area (Å²) in [5, 5.41) is 11.6. The standard InChI is InChI=1S/C26H44O3/c1-16-12-13-25(3)18(14-16)7-8-19-21-10-9-20(17(2)6-11-24(28)29-5)26(21,4)23(27)15-22(19)25/h16-23,27H,6-15H2,1-5H3/t16?,17-,18-,19?,20?,21?,22?,23+,25+,26-/m1/s1. The molecule has 0 aromatic carbocycles. The van der Waals surface area contributed by atoms with Gasteiger partial charge in [-0.15, -0.1) is 0 Å². The minimum absolute atomic E-state index is 0.0296. The van der Waals surface area contributed by atoms with Crippen LogP contribution in [0.5, 0.6) is 0 Å². The van der Waals surface area contributed by atoms with Gasteiger partial charge in [-0.05, 0) is 104 Å². The van der Waals surface area contributed by atoms with Crippen LogP contribution < -0.4 is 0 Å². The summed E-state index contributed by atoms with van der Waals surface area (Å²) in [5.74, 6) is 4.84. The number of methoxy groups -OCH3 is 1. The van der Waals surface area contributed by atoms with Crippen LogP contribution in [0.15, 0.2) is 0 Å². The molecule has 10 atom stereocenters. The van der Waals surface area contributed by atoms with Gasteiger partial charge < -0.3 is 9.84 Å². The Kier molecular flexibility index (Phi) is 5.86. The number of carbonyl (C=O) groups excluding carboxylic acids is 1. The number of rotatable bonds is 4. The van der Waals surface area contributed by atoms with E-state index in [2.05, 4.69) is 27.7 Å². The SMILES string of the molecule is COC(=O)CC[C@@H](C)C1CCC2C3CC[C@@H]4CC(C)CC[C@]4(C)C3C[C@H](O)[C@@]21C. The quantitative estimate of drug-likeness (QED) is 0.599. The van der Waals surface area contributed by atoms with E-state index in [9.17, 15) is 9.90 Å². The second kappa shape index (κ2) is 7.84. The molecule has 29 heavy (non-hydrogen) atoms. The van der Waals surface area contributed by atoms with Crippen molar-refractivity contribution in [3.8, 4) is 0 Å². The lowest BCUT2D eigenvalue weighted by Gasteiger charge is -2.62. The molecule has 0 saturated heterocycles. The molecular weight excluding hydrogens is 360 g/mol. The van der Waals surface area contributed by atoms with E-state index in [1.54, 1.807) is 0 Å². The molecule has 0 aromatic rings. The van der Waals surface area contributed by atoms with E-state index in [0.29, 0.717) is 35.5 Å². The first kappa shape index (κ1) is 21.7. The van der Waals surface area contributed by atoms with E-state index in [1.807, 2.05) is 0 Å². The molecule has 166 valence electrons. The summed E-state index contributed by atoms with van der Waals surface area (Å²) in [7, 11) is 1.48. The summed E-state index contributed by atoms with van der Waals surface area (Å²) in [6, 6.07) is 0. The third kappa shape index (κ3) is 3.38. The van der Waals surface area contributed by atoms with Gasteiger partial charge in [-0.2, -0.15) is 0 Å². The molecule has 4 aliphatic carbocycles. The lowest BCUT2D eigenvalue weighted by Crippen LogP contribution is -2.58. The highest BCUT2D eigenvalue weighted by atomic mass is 16.5. The molecule has 4 saturated carbocycles. The van der Waals surface area contributed by atoms with Crippen molar-refractivity contribution in [1.29, 1.82) is 0 Å². The van der Waals surface area contributed by atoms with Gasteiger partial charge in [0.05, 0.1) is 13.2 Å². The Balaban J connectivity index is 1.53. The van der Waals surface area contributed by atoms with Gasteiger partial charge in [0.1, 0.15) is 0 Å². The van der Waals surface area contributed by atoms with Crippen molar-refractivity contribution in [2.75, 3.05) is 7.11 Å². The van der Waals surface area contributed by atoms with Gasteiger partial charge in [0, 0.05) is 6.42 Å². The first-order valence-corrected chi connectivity index (χ1v) is 12.5. The van der Waals surface area contributed by atoms with Crippen LogP contribution in [0.1, 0.15) is 91.9 Å². The van der Waals surface area contributed by atoms with Crippen molar-refractivity contribution >= 4 is 5.97 Å². The molecular formula is C26H44O3. The van der Waals surface area contributed by atoms with E-state index in [-0.39, 0.29) is 17.5 Å². The summed E-state index contributed by atoms with van der Waals surface area (Å²) in [4.78, 5) is 11.7. The summed E-state index contributed by atoms with van der Waals surface area (Å²) >= 11 is 0. The molecule has 3 heteroatoms. The van der Waals surface area contributed by atoms with Crippen molar-refractivity contribution in [3.05, 3.63) is 0 Å². The monoisotopic (exact) mass is 404 g/mol. The highest BCUT2D eigenvalue weighted by molar-refractivity contribution is 5.69. The molecule has 0 aliphatic heterocycles. The van der Waals surface area contributed by atoms with Gasteiger partial charge in [-0.25, -0.2) is 0 Å². The fraction of sp³-hybridized carbons (Fsp3) is 0.962. The average Bonchev–Trinajstić information content (AvgIpc) is 3.06. The second-order valence-corrected chi connectivity index (χ2v) is 11.9. The van der Waals surface area contributed by atoms with Gasteiger partial charge >= 0.3 is 5.97 Å². The van der Waals surface area contributed by atoms with Crippen LogP contribution in [-0.4, -0.2) is 24.3 Å². The zero-order valence-corrected chi connectivity index (χ0v) is 19.5. The number of ether oxygens (including phenoxy) is 1. The number of aliphatic hydroxyl groups is 1. The maximum absolute atomic E-state index is 11.7. The highest BCUT2D eigenvalue weighted by Crippen LogP contribution is 2.68. The summed E-state index contributed by atoms with van der Waals surface area (Å²) in [6.45, 7) is 9.74. The number of esters is 1. The van der Waals surface area contributed by atoms with Crippen LogP contribution in [0, 0.1) is 52.3 Å². The van der Waals surface area contributed by atoms with E-state index >= 15 is 0 Å². The molecule has 4 rings (SSSR count). The second-order valence-electron chi connectivity index (χ2n) is 11.9. The van der Waals surface area contributed by atoms with E-state index in [0.717, 1.165) is 30.6 Å². The Labute approximate surface area is 178 Å². The zero-order valence-electron chi connectivity index (χ0n) is 19.5. The third-order valence-electron chi connectivity index (χ3n) is 10.8. The third-order valence-corrected chi connectivity index (χ3v) is 10.8. The number of hydrogen-bond donors (Lipinski definition) is 1. The van der Waals surface area contributed by atoms with Crippen LogP contribution in [0.25, 0.3) is 0 Å². The molecule has 0 bridgehead atoms. The summed E-state index contributed by atoms with van der Waals surface area (Å²) in [6.07, 6.45) is 11.7. The Hall–Kier alpha value is -0.570. The van der Waals surface area contributed by atoms with Crippen molar-refractivity contribution in [3.63, 3.8) is 0 Å². The van der Waals surface area contributed by atoms with Gasteiger partial charge in [-0.1, -0.05) is 34.1 Å². The number of carbonyl (C=O) groups is 1. The lowest BCUT2D eigenvalue weighted by atomic mass is 9.43. The number of fused-ring (bicyclic) bond motifs is 5. The maximum Gasteiger partial charge on any atom is 0.305 e. The summed E-state index contributed by atoms with van der Waals surface area (Å²) in [5.41, 5.74) is 0.480. The molecule has 0 amide bonds. The van der Waals surface area contributed by atoms with E-state index < -0.39 is 0 Å². The number of aliphatic hydroxyl groups excluding tert-OH is 1. The van der Waals surface area contributed by atoms with Crippen LogP contribution in [0.3, 0.4) is 0 Å². The van der Waals surface area contributed by atoms with E-state index in [4.69, 9.17) is 4.74 Å². The topological polar surface area (TPSA) is 46.5 Å². The van der Waals surface area contributed by atoms with Gasteiger partial charge in [-0.3, -0.25) is 4.79 Å². The lowest BCUT2D eigenvalue weighted by molar-refractivity contribution is -0.171. The highest BCUT2D eigenvalue weighted by Gasteiger charge is 2.63. The molecule has 5 unspecified atom stereocenters. The zero-order chi connectivity index (χ0) is 21.0. The summed E-state index contributed by atoms with van der Waals surface area (Å²) < 4.78 is 4.87. The minimum Gasteiger partial charge on any atom is -0.469 e. The molecule has 0 heterocycles. The van der Waals surface area contributed by atoms with Gasteiger partial charge in [0.2, 0.25) is 0 Å². The van der Waals surface area contributed by atoms with Crippen LogP contribution in [0.4, 0.5) is 0 Å². The Morgan fingerprint density at radius 2 is 1.86 bits per heavy atom. The Bertz CT molecular complexity index is 617.